The molecule has 0 unspecified atom stereocenters. The lowest BCUT2D eigenvalue weighted by molar-refractivity contribution is -0.139. The van der Waals surface area contributed by atoms with Gasteiger partial charge < -0.3 is 15.0 Å². The van der Waals surface area contributed by atoms with Crippen LogP contribution in [0.5, 0.6) is 5.75 Å². The van der Waals surface area contributed by atoms with Gasteiger partial charge in [0.25, 0.3) is 10.0 Å². The van der Waals surface area contributed by atoms with Crippen LogP contribution in [-0.2, 0) is 26.2 Å². The average molecular weight is 570 g/mol. The zero-order chi connectivity index (χ0) is 29.6. The molecule has 3 aromatic rings. The number of rotatable bonds is 11. The molecule has 0 aromatic heterocycles. The molecule has 10 heteroatoms. The fourth-order valence-corrected chi connectivity index (χ4v) is 5.56. The predicted molar refractivity (Wildman–Crippen MR) is 153 cm³/mol. The van der Waals surface area contributed by atoms with E-state index in [0.29, 0.717) is 0 Å². The van der Waals surface area contributed by atoms with Crippen molar-refractivity contribution in [2.45, 2.75) is 58.1 Å². The van der Waals surface area contributed by atoms with Crippen molar-refractivity contribution in [2.24, 2.45) is 0 Å². The van der Waals surface area contributed by atoms with Gasteiger partial charge in [-0.1, -0.05) is 42.0 Å². The summed E-state index contributed by atoms with van der Waals surface area (Å²) in [5.74, 6) is -1.42. The minimum absolute atomic E-state index is 0.0132. The fraction of sp³-hybridized carbons (Fsp3) is 0.333. The molecule has 1 N–H and O–H groups in total. The summed E-state index contributed by atoms with van der Waals surface area (Å²) in [6, 6.07) is 16.0. The Morgan fingerprint density at radius 1 is 0.950 bits per heavy atom. The molecule has 0 aliphatic carbocycles. The van der Waals surface area contributed by atoms with Crippen molar-refractivity contribution in [3.63, 3.8) is 0 Å². The molecule has 3 aromatic carbocycles. The van der Waals surface area contributed by atoms with E-state index in [1.807, 2.05) is 6.92 Å². The largest absolute Gasteiger partial charge is 0.495 e. The lowest BCUT2D eigenvalue weighted by Gasteiger charge is -2.32. The quantitative estimate of drug-likeness (QED) is 0.365. The number of carbonyl (C=O) groups excluding carboxylic acids is 2. The minimum atomic E-state index is -4.26. The fourth-order valence-electron chi connectivity index (χ4n) is 4.14. The lowest BCUT2D eigenvalue weighted by Crippen LogP contribution is -2.52. The number of nitrogens with one attached hydrogen (secondary N) is 1. The number of halogens is 1. The first kappa shape index (κ1) is 30.6. The highest BCUT2D eigenvalue weighted by Crippen LogP contribution is 2.34. The van der Waals surface area contributed by atoms with Crippen molar-refractivity contribution in [3.05, 3.63) is 89.2 Å². The van der Waals surface area contributed by atoms with Gasteiger partial charge in [-0.2, -0.15) is 0 Å². The average Bonchev–Trinajstić information content (AvgIpc) is 2.90. The maximum Gasteiger partial charge on any atom is 0.264 e. The number of hydrogen-bond acceptors (Lipinski definition) is 5. The van der Waals surface area contributed by atoms with Crippen LogP contribution < -0.4 is 14.4 Å². The van der Waals surface area contributed by atoms with E-state index >= 15 is 0 Å². The normalized spacial score (nSPS) is 12.1. The number of hydrogen-bond donors (Lipinski definition) is 1. The Labute approximate surface area is 235 Å². The topological polar surface area (TPSA) is 96.0 Å². The van der Waals surface area contributed by atoms with Gasteiger partial charge in [-0.15, -0.1) is 0 Å². The number of carbonyl (C=O) groups is 2. The van der Waals surface area contributed by atoms with Crippen molar-refractivity contribution in [2.75, 3.05) is 18.0 Å². The molecular weight excluding hydrogens is 533 g/mol. The van der Waals surface area contributed by atoms with Crippen molar-refractivity contribution < 1.29 is 27.1 Å². The van der Waals surface area contributed by atoms with Crippen LogP contribution in [0.25, 0.3) is 0 Å². The first-order chi connectivity index (χ1) is 18.8. The smallest absolute Gasteiger partial charge is 0.264 e. The Kier molecular flexibility index (Phi) is 9.92. The summed E-state index contributed by atoms with van der Waals surface area (Å²) in [6.07, 6.45) is 0. The number of nitrogens with zero attached hydrogens (tertiary/aromatic N) is 2. The molecule has 3 rings (SSSR count). The molecule has 0 aliphatic heterocycles. The van der Waals surface area contributed by atoms with E-state index in [2.05, 4.69) is 5.32 Å². The van der Waals surface area contributed by atoms with Gasteiger partial charge in [-0.25, -0.2) is 12.8 Å². The van der Waals surface area contributed by atoms with E-state index in [1.165, 1.54) is 49.3 Å². The third kappa shape index (κ3) is 7.18. The number of benzene rings is 3. The molecule has 0 radical (unpaired) electrons. The summed E-state index contributed by atoms with van der Waals surface area (Å²) < 4.78 is 49.1. The number of sulfonamides is 1. The molecule has 2 amide bonds. The third-order valence-electron chi connectivity index (χ3n) is 6.39. The van der Waals surface area contributed by atoms with Crippen LogP contribution in [0, 0.1) is 19.7 Å². The molecule has 8 nitrogen and oxygen atoms in total. The molecule has 0 saturated heterocycles. The van der Waals surface area contributed by atoms with Crippen LogP contribution >= 0.6 is 0 Å². The van der Waals surface area contributed by atoms with Gasteiger partial charge in [-0.3, -0.25) is 13.9 Å². The number of aryl methyl sites for hydroxylation is 2. The van der Waals surface area contributed by atoms with Gasteiger partial charge in [0, 0.05) is 18.2 Å². The van der Waals surface area contributed by atoms with Gasteiger partial charge in [-0.05, 0) is 70.5 Å². The predicted octanol–water partition coefficient (Wildman–Crippen LogP) is 4.59. The van der Waals surface area contributed by atoms with Gasteiger partial charge in [0.1, 0.15) is 24.2 Å². The van der Waals surface area contributed by atoms with Crippen molar-refractivity contribution in [1.29, 1.82) is 0 Å². The molecule has 0 bridgehead atoms. The standard InChI is InChI=1S/C30H36FN3O5S/c1-20(2)32-30(36)23(5)33(18-24-9-7-8-10-26(24)31)29(35)19-34(27-17-22(4)13-16-28(27)39-6)40(37,38)25-14-11-21(3)12-15-25/h7-17,20,23H,18-19H2,1-6H3,(H,32,36)/t23-/m1/s1. The van der Waals surface area contributed by atoms with E-state index in [-0.39, 0.29) is 34.5 Å². The second-order valence-corrected chi connectivity index (χ2v) is 11.8. The Bertz CT molecular complexity index is 1460. The molecule has 1 atom stereocenters. The van der Waals surface area contributed by atoms with Gasteiger partial charge in [0.15, 0.2) is 0 Å². The molecule has 0 fully saturated rings. The van der Waals surface area contributed by atoms with Crippen molar-refractivity contribution in [1.82, 2.24) is 10.2 Å². The number of ether oxygens (including phenoxy) is 1. The summed E-state index contributed by atoms with van der Waals surface area (Å²) >= 11 is 0. The molecule has 0 heterocycles. The van der Waals surface area contributed by atoms with Crippen LogP contribution in [-0.4, -0.2) is 50.9 Å². The molecule has 214 valence electrons. The molecule has 0 saturated carbocycles. The van der Waals surface area contributed by atoms with Crippen LogP contribution in [0.15, 0.2) is 71.6 Å². The van der Waals surface area contributed by atoms with E-state index < -0.39 is 40.2 Å². The van der Waals surface area contributed by atoms with Crippen molar-refractivity contribution in [3.8, 4) is 5.75 Å². The Balaban J connectivity index is 2.12. The van der Waals surface area contributed by atoms with E-state index in [9.17, 15) is 22.4 Å². The number of amides is 2. The molecule has 40 heavy (non-hydrogen) atoms. The SMILES string of the molecule is COc1ccc(C)cc1N(CC(=O)N(Cc1ccccc1F)[C@H](C)C(=O)NC(C)C)S(=O)(=O)c1ccc(C)cc1. The summed E-state index contributed by atoms with van der Waals surface area (Å²) in [4.78, 5) is 28.1. The zero-order valence-electron chi connectivity index (χ0n) is 23.6. The summed E-state index contributed by atoms with van der Waals surface area (Å²) in [6.45, 7) is 7.85. The molecule has 0 spiro atoms. The number of methoxy groups -OCH3 is 1. The second kappa shape index (κ2) is 13.0. The highest BCUT2D eigenvalue weighted by atomic mass is 32.2. The van der Waals surface area contributed by atoms with Crippen LogP contribution in [0.1, 0.15) is 37.5 Å². The van der Waals surface area contributed by atoms with Crippen molar-refractivity contribution >= 4 is 27.5 Å². The van der Waals surface area contributed by atoms with Crippen LogP contribution in [0.3, 0.4) is 0 Å². The maximum atomic E-state index is 14.6. The van der Waals surface area contributed by atoms with Crippen LogP contribution in [0.4, 0.5) is 10.1 Å². The zero-order valence-corrected chi connectivity index (χ0v) is 24.5. The van der Waals surface area contributed by atoms with Gasteiger partial charge in [0.2, 0.25) is 11.8 Å². The van der Waals surface area contributed by atoms with E-state index in [4.69, 9.17) is 4.74 Å². The monoisotopic (exact) mass is 569 g/mol. The van der Waals surface area contributed by atoms with Crippen LogP contribution in [0.2, 0.25) is 0 Å². The number of anilines is 1. The lowest BCUT2D eigenvalue weighted by atomic mass is 10.1. The molecule has 0 aliphatic rings. The van der Waals surface area contributed by atoms with E-state index in [0.717, 1.165) is 15.4 Å². The third-order valence-corrected chi connectivity index (χ3v) is 8.16. The Morgan fingerprint density at radius 2 is 1.57 bits per heavy atom. The first-order valence-electron chi connectivity index (χ1n) is 12.9. The summed E-state index contributed by atoms with van der Waals surface area (Å²) in [5, 5.41) is 2.77. The first-order valence-corrected chi connectivity index (χ1v) is 14.4. The van der Waals surface area contributed by atoms with Gasteiger partial charge >= 0.3 is 0 Å². The highest BCUT2D eigenvalue weighted by Gasteiger charge is 2.34. The highest BCUT2D eigenvalue weighted by molar-refractivity contribution is 7.92. The van der Waals surface area contributed by atoms with Gasteiger partial charge in [0.05, 0.1) is 17.7 Å². The Morgan fingerprint density at radius 3 is 2.17 bits per heavy atom. The minimum Gasteiger partial charge on any atom is -0.495 e. The second-order valence-electron chi connectivity index (χ2n) is 9.95. The van der Waals surface area contributed by atoms with E-state index in [1.54, 1.807) is 57.2 Å². The molecular formula is C30H36FN3O5S. The maximum absolute atomic E-state index is 14.6. The Hall–Kier alpha value is -3.92. The summed E-state index contributed by atoms with van der Waals surface area (Å²) in [5.41, 5.74) is 1.98. The summed E-state index contributed by atoms with van der Waals surface area (Å²) in [7, 11) is -2.85.